The van der Waals surface area contributed by atoms with Crippen molar-refractivity contribution in [2.75, 3.05) is 33.0 Å². The fraction of sp³-hybridized carbons (Fsp3) is 0.480. The summed E-state index contributed by atoms with van der Waals surface area (Å²) in [7, 11) is -1.19. The molecule has 6 rings (SSSR count). The van der Waals surface area contributed by atoms with Gasteiger partial charge in [0.1, 0.15) is 19.9 Å². The average molecular weight is 981 g/mol. The molecule has 70 heavy (non-hydrogen) atoms. The lowest BCUT2D eigenvalue weighted by Crippen LogP contribution is -2.30. The number of nitrogens with one attached hydrogen (secondary N) is 1. The number of hydrogen-bond acceptors (Lipinski definition) is 15. The third-order valence-corrected chi connectivity index (χ3v) is 12.2. The van der Waals surface area contributed by atoms with Gasteiger partial charge in [0.15, 0.2) is 11.6 Å². The smallest absolute Gasteiger partial charge is 0.335 e. The van der Waals surface area contributed by atoms with Crippen LogP contribution in [0.15, 0.2) is 61.2 Å². The Bertz CT molecular complexity index is 2660. The van der Waals surface area contributed by atoms with Gasteiger partial charge in [-0.05, 0) is 94.8 Å². The number of aryl methyl sites for hydroxylation is 2. The van der Waals surface area contributed by atoms with Crippen LogP contribution in [0.25, 0.3) is 45.3 Å². The van der Waals surface area contributed by atoms with Crippen molar-refractivity contribution in [1.82, 2.24) is 49.9 Å². The zero-order valence-electron chi connectivity index (χ0n) is 42.7. The number of aliphatic carboxylic acids is 2. The number of aromatic amines is 1. The lowest BCUT2D eigenvalue weighted by Gasteiger charge is -2.19. The Hall–Kier alpha value is -6.80. The van der Waals surface area contributed by atoms with Gasteiger partial charge in [-0.1, -0.05) is 47.3 Å². The number of hydrogen-bond donors (Lipinski definition) is 3. The second-order valence-electron chi connectivity index (χ2n) is 20.4. The number of aromatic nitrogens is 10. The van der Waals surface area contributed by atoms with Gasteiger partial charge in [0.25, 0.3) is 0 Å². The monoisotopic (exact) mass is 980 g/mol. The number of carbonyl (C=O) groups is 2. The molecular weight excluding hydrogens is 913 g/mol. The molecule has 376 valence electrons. The maximum atomic E-state index is 11.3. The lowest BCUT2D eigenvalue weighted by atomic mass is 9.95. The van der Waals surface area contributed by atoms with E-state index in [0.29, 0.717) is 67.1 Å². The summed E-state index contributed by atoms with van der Waals surface area (Å²) in [5.41, 5.74) is 4.58. The molecule has 0 fully saturated rings. The van der Waals surface area contributed by atoms with Gasteiger partial charge in [0.05, 0.1) is 35.4 Å². The summed E-state index contributed by atoms with van der Waals surface area (Å²) in [6, 6.07) is 13.0. The molecule has 19 nitrogen and oxygen atoms in total. The van der Waals surface area contributed by atoms with E-state index in [1.165, 1.54) is 0 Å². The van der Waals surface area contributed by atoms with E-state index in [4.69, 9.17) is 23.7 Å². The minimum atomic E-state index is -1.19. The Labute approximate surface area is 410 Å². The molecule has 0 atom stereocenters. The molecule has 0 saturated carbocycles. The molecule has 6 aromatic rings. The van der Waals surface area contributed by atoms with Gasteiger partial charge >= 0.3 is 24.0 Å². The Morgan fingerprint density at radius 3 is 1.67 bits per heavy atom. The quantitative estimate of drug-likeness (QED) is 0.0400. The maximum absolute atomic E-state index is 11.3. The molecule has 6 aromatic heterocycles. The van der Waals surface area contributed by atoms with Gasteiger partial charge < -0.3 is 33.9 Å². The number of pyridine rings is 4. The molecule has 3 N–H and O–H groups in total. The van der Waals surface area contributed by atoms with Crippen LogP contribution in [0.5, 0.6) is 23.8 Å². The molecule has 0 bridgehead atoms. The highest BCUT2D eigenvalue weighted by atomic mass is 28.3. The molecule has 0 saturated heterocycles. The summed E-state index contributed by atoms with van der Waals surface area (Å²) in [4.78, 5) is 49.3. The van der Waals surface area contributed by atoms with Gasteiger partial charge in [-0.2, -0.15) is 14.6 Å². The summed E-state index contributed by atoms with van der Waals surface area (Å²) >= 11 is 0. The Morgan fingerprint density at radius 1 is 0.700 bits per heavy atom. The summed E-state index contributed by atoms with van der Waals surface area (Å²) in [6.45, 7) is 27.6. The molecule has 0 radical (unpaired) electrons. The maximum Gasteiger partial charge on any atom is 0.335 e. The van der Waals surface area contributed by atoms with E-state index in [1.54, 1.807) is 69.3 Å². The number of carboxylic acid groups (broad SMARTS) is 2. The van der Waals surface area contributed by atoms with E-state index in [2.05, 4.69) is 92.5 Å². The Balaban J connectivity index is 0.000000267. The van der Waals surface area contributed by atoms with Crippen molar-refractivity contribution in [2.45, 2.75) is 102 Å². The third kappa shape index (κ3) is 15.9. The molecule has 0 aliphatic carbocycles. The fourth-order valence-electron chi connectivity index (χ4n) is 5.86. The molecule has 0 aromatic carbocycles. The van der Waals surface area contributed by atoms with Crippen molar-refractivity contribution < 1.29 is 43.5 Å². The zero-order chi connectivity index (χ0) is 51.4. The highest BCUT2D eigenvalue weighted by Gasteiger charge is 2.29. The molecule has 0 aliphatic heterocycles. The van der Waals surface area contributed by atoms with Crippen LogP contribution < -0.4 is 18.9 Å². The first-order valence-corrected chi connectivity index (χ1v) is 26.9. The molecular formula is C50H68N10O9Si. The second kappa shape index (κ2) is 23.7. The zero-order valence-corrected chi connectivity index (χ0v) is 43.7. The first kappa shape index (κ1) is 54.1. The summed E-state index contributed by atoms with van der Waals surface area (Å²) in [5.74, 6) is 0.743. The third-order valence-electron chi connectivity index (χ3n) is 10.5. The van der Waals surface area contributed by atoms with Gasteiger partial charge in [0.2, 0.25) is 11.8 Å². The highest BCUT2D eigenvalue weighted by molar-refractivity contribution is 6.76. The van der Waals surface area contributed by atoms with Crippen LogP contribution in [0.2, 0.25) is 25.7 Å². The molecule has 0 spiro atoms. The van der Waals surface area contributed by atoms with Crippen LogP contribution in [0, 0.1) is 36.5 Å². The van der Waals surface area contributed by atoms with Crippen LogP contribution in [0.3, 0.4) is 0 Å². The normalized spacial score (nSPS) is 11.9. The van der Waals surface area contributed by atoms with Crippen LogP contribution in [0.4, 0.5) is 0 Å². The molecule has 20 heteroatoms. The SMILES string of the molecule is Cc1cc(OCC(C)(C)C(=O)O)ncc1-c1ccc(-c2nc(OCC(C)C)n(COCC[Si](C)(C)C)n2)cn1.Cc1cc(OCC(C)(C)C(=O)O)ncc1-c1ccc(-c2nc(OCC(C)C)n[nH]2)cn1. The van der Waals surface area contributed by atoms with Crippen molar-refractivity contribution >= 4 is 20.0 Å². The first-order chi connectivity index (χ1) is 32.9. The predicted molar refractivity (Wildman–Crippen MR) is 267 cm³/mol. The van der Waals surface area contributed by atoms with Crippen LogP contribution in [-0.2, 0) is 21.1 Å². The van der Waals surface area contributed by atoms with E-state index in [-0.39, 0.29) is 19.9 Å². The van der Waals surface area contributed by atoms with E-state index < -0.39 is 30.8 Å². The Morgan fingerprint density at radius 2 is 1.21 bits per heavy atom. The topological polar surface area (TPSA) is 245 Å². The van der Waals surface area contributed by atoms with E-state index in [1.807, 2.05) is 38.1 Å². The van der Waals surface area contributed by atoms with Gasteiger partial charge in [-0.3, -0.25) is 24.7 Å². The predicted octanol–water partition coefficient (Wildman–Crippen LogP) is 9.31. The molecule has 0 unspecified atom stereocenters. The van der Waals surface area contributed by atoms with Crippen LogP contribution in [0.1, 0.15) is 66.5 Å². The standard InChI is InChI=1S/C28H41N5O5Si.C22H27N5O4/c1-19(2)16-37-27-31-25(32-33(27)18-36-11-12-39(6,7)8)21-9-10-23(29-14-21)22-15-30-24(13-20(22)3)38-17-28(4,5)26(34)35;1-13(2)11-30-21-25-19(26-27-21)15-6-7-17(23-9-15)16-10-24-18(8-14(16)3)31-12-22(4,5)20(28)29/h9-10,13-15,19H,11-12,16-18H2,1-8H3,(H,34,35);6-10,13H,11-12H2,1-5H3,(H,28,29)(H,25,26,27). The van der Waals surface area contributed by atoms with E-state index >= 15 is 0 Å². The summed E-state index contributed by atoms with van der Waals surface area (Å²) in [5, 5.41) is 30.0. The Kier molecular flexibility index (Phi) is 18.3. The molecule has 6 heterocycles. The number of ether oxygens (including phenoxy) is 5. The molecule has 0 amide bonds. The minimum Gasteiger partial charge on any atom is -0.481 e. The summed E-state index contributed by atoms with van der Waals surface area (Å²) < 4.78 is 30.2. The number of rotatable bonds is 23. The van der Waals surface area contributed by atoms with Crippen molar-refractivity contribution in [1.29, 1.82) is 0 Å². The van der Waals surface area contributed by atoms with Crippen LogP contribution >= 0.6 is 0 Å². The van der Waals surface area contributed by atoms with Gasteiger partial charge in [-0.15, -0.1) is 10.2 Å². The average Bonchev–Trinajstić information content (AvgIpc) is 3.95. The van der Waals surface area contributed by atoms with Crippen molar-refractivity contribution in [3.8, 4) is 69.1 Å². The molecule has 0 aliphatic rings. The van der Waals surface area contributed by atoms with Gasteiger partial charge in [-0.25, -0.2) is 9.97 Å². The minimum absolute atomic E-state index is 0.0208. The van der Waals surface area contributed by atoms with Crippen molar-refractivity contribution in [3.63, 3.8) is 0 Å². The summed E-state index contributed by atoms with van der Waals surface area (Å²) in [6.07, 6.45) is 6.80. The van der Waals surface area contributed by atoms with E-state index in [0.717, 1.165) is 50.8 Å². The fourth-order valence-corrected chi connectivity index (χ4v) is 6.62. The number of carboxylic acids is 2. The largest absolute Gasteiger partial charge is 0.481 e. The highest BCUT2D eigenvalue weighted by Crippen LogP contribution is 2.29. The number of nitrogens with zero attached hydrogens (tertiary/aromatic N) is 9. The number of H-pyrrole nitrogens is 1. The first-order valence-electron chi connectivity index (χ1n) is 23.2. The van der Waals surface area contributed by atoms with E-state index in [9.17, 15) is 19.8 Å². The van der Waals surface area contributed by atoms with Gasteiger partial charge in [0, 0.05) is 73.9 Å². The van der Waals surface area contributed by atoms with Crippen molar-refractivity contribution in [2.24, 2.45) is 22.7 Å². The lowest BCUT2D eigenvalue weighted by molar-refractivity contribution is -0.149. The van der Waals surface area contributed by atoms with Crippen LogP contribution in [-0.4, -0.2) is 113 Å². The van der Waals surface area contributed by atoms with Crippen molar-refractivity contribution in [3.05, 3.63) is 72.3 Å². The second-order valence-corrected chi connectivity index (χ2v) is 26.1.